The number of allylic oxidation sites excluding steroid dienone is 21. The Morgan fingerprint density at radius 1 is 0.468 bits per heavy atom. The minimum Gasteiger partial charge on any atom is -0.394 e. The maximum Gasteiger partial charge on any atom is 0.220 e. The second-order valence-corrected chi connectivity index (χ2v) is 20.4. The van der Waals surface area contributed by atoms with E-state index in [1.807, 2.05) is 6.08 Å². The monoisotopic (exact) mass is 1110 g/mol. The molecule has 12 unspecified atom stereocenters. The summed E-state index contributed by atoms with van der Waals surface area (Å²) in [6, 6.07) is -0.946. The van der Waals surface area contributed by atoms with Crippen LogP contribution in [0.5, 0.6) is 0 Å². The molecule has 1 amide bonds. The van der Waals surface area contributed by atoms with E-state index >= 15 is 0 Å². The fourth-order valence-corrected chi connectivity index (χ4v) is 8.77. The predicted octanol–water partition coefficient (Wildman–Crippen LogP) is 10.4. The molecular formula is C65H105NO13. The molecule has 2 aliphatic heterocycles. The lowest BCUT2D eigenvalue weighted by atomic mass is 9.97. The van der Waals surface area contributed by atoms with Crippen LogP contribution in [0.1, 0.15) is 174 Å². The molecular weight excluding hydrogens is 1000 g/mol. The molecule has 14 nitrogen and oxygen atoms in total. The fourth-order valence-electron chi connectivity index (χ4n) is 8.77. The number of carbonyl (C=O) groups excluding carboxylic acids is 1. The van der Waals surface area contributed by atoms with Gasteiger partial charge in [-0.15, -0.1) is 0 Å². The number of aliphatic hydroxyl groups is 8. The maximum atomic E-state index is 13.2. The third kappa shape index (κ3) is 34.2. The highest BCUT2D eigenvalue weighted by atomic mass is 16.7. The molecule has 2 saturated heterocycles. The Kier molecular flexibility index (Phi) is 44.0. The van der Waals surface area contributed by atoms with Crippen molar-refractivity contribution in [3.05, 3.63) is 134 Å². The Morgan fingerprint density at radius 2 is 0.886 bits per heavy atom. The van der Waals surface area contributed by atoms with E-state index in [9.17, 15) is 45.6 Å². The van der Waals surface area contributed by atoms with Crippen molar-refractivity contribution in [2.75, 3.05) is 19.8 Å². The van der Waals surface area contributed by atoms with Crippen LogP contribution >= 0.6 is 0 Å². The number of rotatable bonds is 45. The molecule has 2 rings (SSSR count). The summed E-state index contributed by atoms with van der Waals surface area (Å²) in [5.74, 6) is -0.270. The number of hydrogen-bond acceptors (Lipinski definition) is 13. The predicted molar refractivity (Wildman–Crippen MR) is 318 cm³/mol. The molecule has 79 heavy (non-hydrogen) atoms. The molecule has 0 radical (unpaired) electrons. The molecule has 0 aromatic heterocycles. The summed E-state index contributed by atoms with van der Waals surface area (Å²) >= 11 is 0. The normalized spacial score (nSPS) is 25.4. The van der Waals surface area contributed by atoms with E-state index in [0.29, 0.717) is 12.8 Å². The summed E-state index contributed by atoms with van der Waals surface area (Å²) in [5.41, 5.74) is 0. The largest absolute Gasteiger partial charge is 0.394 e. The van der Waals surface area contributed by atoms with Crippen LogP contribution in [0.25, 0.3) is 0 Å². The summed E-state index contributed by atoms with van der Waals surface area (Å²) in [5, 5.41) is 86.8. The first-order valence-electron chi connectivity index (χ1n) is 29.9. The smallest absolute Gasteiger partial charge is 0.220 e. The average molecular weight is 1110 g/mol. The molecule has 9 N–H and O–H groups in total. The number of carbonyl (C=O) groups is 1. The van der Waals surface area contributed by atoms with E-state index < -0.39 is 86.8 Å². The van der Waals surface area contributed by atoms with Gasteiger partial charge in [0.1, 0.15) is 48.8 Å². The number of aliphatic hydroxyl groups excluding tert-OH is 8. The van der Waals surface area contributed by atoms with E-state index in [2.05, 4.69) is 141 Å². The lowest BCUT2D eigenvalue weighted by molar-refractivity contribution is -0.359. The van der Waals surface area contributed by atoms with Crippen molar-refractivity contribution in [2.45, 2.75) is 248 Å². The second kappa shape index (κ2) is 48.8. The van der Waals surface area contributed by atoms with Crippen molar-refractivity contribution in [3.63, 3.8) is 0 Å². The number of amides is 1. The summed E-state index contributed by atoms with van der Waals surface area (Å²) in [6.45, 7) is 2.58. The number of nitrogens with one attached hydrogen (secondary N) is 1. The minimum atomic E-state index is -1.80. The standard InChI is InChI=1S/C65H105NO13/c1-3-5-7-9-11-13-15-16-17-18-19-20-21-22-23-24-25-26-27-28-29-30-31-32-33-34-35-36-37-38-39-41-43-45-47-49-57(70)66-53(54(69)48-46-44-42-40-14-12-10-8-6-4-2)52-76-64-62(75)60(73)63(56(51-68)78-64)79-65-61(74)59(72)58(71)55(50-67)77-65/h5,7,11,13-14,16-17,19-20,22-23,25-26,28-29,31-32,34-35,40,46,48,53-56,58-65,67-69,71-75H,3-4,6,8-10,12,15,18,21,24,27,30,33,36-39,41-45,47,49-52H2,1-2H3,(H,66,70)/b7-5-,13-11-,17-16-,20-19-,23-22-,26-25-,29-28-,32-31-,35-34-,40-14+,48-46+. The maximum absolute atomic E-state index is 13.2. The first kappa shape index (κ1) is 71.2. The number of ether oxygens (including phenoxy) is 4. The quantitative estimate of drug-likeness (QED) is 0.0205. The van der Waals surface area contributed by atoms with Crippen molar-refractivity contribution in [1.29, 1.82) is 0 Å². The molecule has 0 bridgehead atoms. The van der Waals surface area contributed by atoms with Gasteiger partial charge in [0.05, 0.1) is 32.0 Å². The summed E-state index contributed by atoms with van der Waals surface area (Å²) in [4.78, 5) is 13.2. The number of unbranched alkanes of at least 4 members (excludes halogenated alkanes) is 12. The topological polar surface area (TPSA) is 228 Å². The van der Waals surface area contributed by atoms with Crippen molar-refractivity contribution in [3.8, 4) is 0 Å². The zero-order valence-electron chi connectivity index (χ0n) is 48.0. The highest BCUT2D eigenvalue weighted by Gasteiger charge is 2.51. The Hall–Kier alpha value is -3.87. The van der Waals surface area contributed by atoms with Gasteiger partial charge in [-0.3, -0.25) is 4.79 Å². The molecule has 0 spiro atoms. The van der Waals surface area contributed by atoms with Crippen molar-refractivity contribution < 1.29 is 64.6 Å². The summed E-state index contributed by atoms with van der Waals surface area (Å²) in [6.07, 6.45) is 55.1. The minimum absolute atomic E-state index is 0.251. The van der Waals surface area contributed by atoms with Crippen LogP contribution in [0.2, 0.25) is 0 Å². The van der Waals surface area contributed by atoms with Gasteiger partial charge in [0.15, 0.2) is 12.6 Å². The number of hydrogen-bond donors (Lipinski definition) is 9. The van der Waals surface area contributed by atoms with Gasteiger partial charge >= 0.3 is 0 Å². The second-order valence-electron chi connectivity index (χ2n) is 20.4. The molecule has 0 aromatic rings. The zero-order chi connectivity index (χ0) is 57.4. The molecule has 448 valence electrons. The van der Waals surface area contributed by atoms with E-state index in [-0.39, 0.29) is 18.9 Å². The lowest BCUT2D eigenvalue weighted by Crippen LogP contribution is -2.65. The van der Waals surface area contributed by atoms with Gasteiger partial charge in [0.2, 0.25) is 5.91 Å². The highest BCUT2D eigenvalue weighted by Crippen LogP contribution is 2.30. The van der Waals surface area contributed by atoms with Gasteiger partial charge in [-0.05, 0) is 103 Å². The fraction of sp³-hybridized carbons (Fsp3) is 0.646. The van der Waals surface area contributed by atoms with Crippen LogP contribution < -0.4 is 5.32 Å². The lowest BCUT2D eigenvalue weighted by Gasteiger charge is -2.46. The first-order chi connectivity index (χ1) is 38.6. The van der Waals surface area contributed by atoms with Crippen LogP contribution in [-0.2, 0) is 23.7 Å². The molecule has 0 aromatic carbocycles. The van der Waals surface area contributed by atoms with Crippen LogP contribution in [0.15, 0.2) is 134 Å². The van der Waals surface area contributed by atoms with Gasteiger partial charge in [-0.25, -0.2) is 0 Å². The van der Waals surface area contributed by atoms with Crippen LogP contribution in [0.4, 0.5) is 0 Å². The van der Waals surface area contributed by atoms with E-state index in [1.54, 1.807) is 6.08 Å². The molecule has 12 atom stereocenters. The van der Waals surface area contributed by atoms with Crippen LogP contribution in [-0.4, -0.2) is 140 Å². The van der Waals surface area contributed by atoms with Crippen molar-refractivity contribution >= 4 is 5.91 Å². The third-order valence-electron chi connectivity index (χ3n) is 13.6. The van der Waals surface area contributed by atoms with Crippen LogP contribution in [0.3, 0.4) is 0 Å². The average Bonchev–Trinajstić information content (AvgIpc) is 3.47. The molecule has 2 heterocycles. The van der Waals surface area contributed by atoms with Crippen molar-refractivity contribution in [1.82, 2.24) is 5.32 Å². The Balaban J connectivity index is 1.66. The van der Waals surface area contributed by atoms with Gasteiger partial charge in [-0.2, -0.15) is 0 Å². The zero-order valence-corrected chi connectivity index (χ0v) is 48.0. The SMILES string of the molecule is CC/C=C\C/C=C\C/C=C\C/C=C\C/C=C\C/C=C\C/C=C\C/C=C\C/C=C\CCCCCCCCCC(=O)NC(COC1OC(CO)C(OC2OC(CO)C(O)C(O)C2O)C(O)C1O)C(O)/C=C/CC/C=C/CCCCCC. The van der Waals surface area contributed by atoms with Gasteiger partial charge in [0, 0.05) is 6.42 Å². The Labute approximate surface area is 475 Å². The first-order valence-corrected chi connectivity index (χ1v) is 29.9. The van der Waals surface area contributed by atoms with Gasteiger partial charge < -0.3 is 65.1 Å². The van der Waals surface area contributed by atoms with Crippen molar-refractivity contribution in [2.24, 2.45) is 0 Å². The highest BCUT2D eigenvalue weighted by molar-refractivity contribution is 5.76. The van der Waals surface area contributed by atoms with E-state index in [0.717, 1.165) is 122 Å². The van der Waals surface area contributed by atoms with Crippen LogP contribution in [0, 0.1) is 0 Å². The molecule has 2 fully saturated rings. The molecule has 2 aliphatic rings. The van der Waals surface area contributed by atoms with Gasteiger partial charge in [-0.1, -0.05) is 199 Å². The molecule has 14 heteroatoms. The van der Waals surface area contributed by atoms with E-state index in [4.69, 9.17) is 18.9 Å². The molecule has 0 aliphatic carbocycles. The summed E-state index contributed by atoms with van der Waals surface area (Å²) in [7, 11) is 0. The Morgan fingerprint density at radius 3 is 1.39 bits per heavy atom. The molecule has 0 saturated carbocycles. The third-order valence-corrected chi connectivity index (χ3v) is 13.6. The summed E-state index contributed by atoms with van der Waals surface area (Å²) < 4.78 is 22.7. The Bertz CT molecular complexity index is 1830. The van der Waals surface area contributed by atoms with E-state index in [1.165, 1.54) is 19.3 Å². The van der Waals surface area contributed by atoms with Gasteiger partial charge in [0.25, 0.3) is 0 Å².